The molecule has 1 fully saturated rings. The molecule has 220 valence electrons. The van der Waals surface area contributed by atoms with Gasteiger partial charge in [0.25, 0.3) is 0 Å². The van der Waals surface area contributed by atoms with E-state index in [0.717, 1.165) is 11.1 Å². The topological polar surface area (TPSA) is 102 Å². The van der Waals surface area contributed by atoms with Crippen LogP contribution in [0.4, 0.5) is 0 Å². The van der Waals surface area contributed by atoms with E-state index in [1.807, 2.05) is 51.1 Å². The van der Waals surface area contributed by atoms with Gasteiger partial charge >= 0.3 is 0 Å². The van der Waals surface area contributed by atoms with Crippen molar-refractivity contribution in [1.29, 1.82) is 0 Å². The summed E-state index contributed by atoms with van der Waals surface area (Å²) >= 11 is 18.1. The normalized spacial score (nSPS) is 17.2. The van der Waals surface area contributed by atoms with Crippen LogP contribution in [-0.2, 0) is 18.6 Å². The molecule has 5 rings (SSSR count). The van der Waals surface area contributed by atoms with Crippen molar-refractivity contribution in [2.24, 2.45) is 17.3 Å². The third kappa shape index (κ3) is 8.08. The van der Waals surface area contributed by atoms with Crippen molar-refractivity contribution in [3.63, 3.8) is 0 Å². The SMILES string of the molecule is CC(C)(C)C(O)C(Cc1ccc(Cl)cc1Cl)n1cncn1.CC(C1CC1)C(O)(Cn1cncn1)c1ccc(Cl)cc1. The van der Waals surface area contributed by atoms with Gasteiger partial charge in [-0.15, -0.1) is 0 Å². The molecule has 0 amide bonds. The number of benzene rings is 2. The molecule has 4 atom stereocenters. The molecule has 2 aromatic heterocycles. The summed E-state index contributed by atoms with van der Waals surface area (Å²) in [6.45, 7) is 8.50. The summed E-state index contributed by atoms with van der Waals surface area (Å²) in [4.78, 5) is 7.93. The molecular formula is C30H37Cl3N6O2. The minimum absolute atomic E-state index is 0.174. The lowest BCUT2D eigenvalue weighted by molar-refractivity contribution is -0.0442. The fraction of sp³-hybridized carbons (Fsp3) is 0.467. The average molecular weight is 620 g/mol. The highest BCUT2D eigenvalue weighted by Gasteiger charge is 2.44. The van der Waals surface area contributed by atoms with E-state index in [1.165, 1.54) is 25.5 Å². The second kappa shape index (κ2) is 13.2. The molecule has 1 saturated carbocycles. The van der Waals surface area contributed by atoms with Crippen molar-refractivity contribution in [1.82, 2.24) is 29.5 Å². The monoisotopic (exact) mass is 618 g/mol. The van der Waals surface area contributed by atoms with Gasteiger partial charge in [-0.05, 0) is 71.9 Å². The number of hydrogen-bond donors (Lipinski definition) is 2. The highest BCUT2D eigenvalue weighted by atomic mass is 35.5. The molecule has 4 unspecified atom stereocenters. The Hall–Kier alpha value is -2.49. The average Bonchev–Trinajstić information content (AvgIpc) is 3.37. The lowest BCUT2D eigenvalue weighted by Crippen LogP contribution is -2.39. The van der Waals surface area contributed by atoms with Crippen molar-refractivity contribution >= 4 is 34.8 Å². The first-order valence-corrected chi connectivity index (χ1v) is 14.8. The van der Waals surface area contributed by atoms with Gasteiger partial charge in [0.1, 0.15) is 30.9 Å². The van der Waals surface area contributed by atoms with E-state index in [2.05, 4.69) is 27.1 Å². The second-order valence-corrected chi connectivity index (χ2v) is 13.1. The van der Waals surface area contributed by atoms with Gasteiger partial charge in [-0.2, -0.15) is 10.2 Å². The fourth-order valence-corrected chi connectivity index (χ4v) is 5.62. The molecule has 0 saturated heterocycles. The first-order valence-electron chi connectivity index (χ1n) is 13.7. The quantitative estimate of drug-likeness (QED) is 0.218. The molecule has 2 N–H and O–H groups in total. The molecule has 1 aliphatic carbocycles. The van der Waals surface area contributed by atoms with Crippen LogP contribution in [0.15, 0.2) is 67.8 Å². The van der Waals surface area contributed by atoms with E-state index in [9.17, 15) is 10.2 Å². The lowest BCUT2D eigenvalue weighted by Gasteiger charge is -2.35. The van der Waals surface area contributed by atoms with Crippen molar-refractivity contribution in [3.8, 4) is 0 Å². The minimum atomic E-state index is -0.945. The van der Waals surface area contributed by atoms with Gasteiger partial charge in [-0.25, -0.2) is 19.3 Å². The molecular weight excluding hydrogens is 583 g/mol. The van der Waals surface area contributed by atoms with Gasteiger partial charge in [0.2, 0.25) is 0 Å². The molecule has 0 aliphatic heterocycles. The van der Waals surface area contributed by atoms with Gasteiger partial charge in [-0.1, -0.05) is 80.7 Å². The number of aromatic nitrogens is 6. The third-order valence-electron chi connectivity index (χ3n) is 7.77. The molecule has 4 aromatic rings. The first kappa shape index (κ1) is 31.4. The predicted octanol–water partition coefficient (Wildman–Crippen LogP) is 6.64. The van der Waals surface area contributed by atoms with Gasteiger partial charge in [-0.3, -0.25) is 0 Å². The van der Waals surface area contributed by atoms with Crippen LogP contribution in [0.5, 0.6) is 0 Å². The zero-order valence-corrected chi connectivity index (χ0v) is 26.0. The summed E-state index contributed by atoms with van der Waals surface area (Å²) in [5.41, 5.74) is 0.580. The fourth-order valence-electron chi connectivity index (χ4n) is 5.01. The smallest absolute Gasteiger partial charge is 0.137 e. The maximum absolute atomic E-state index is 11.3. The Morgan fingerprint density at radius 3 is 2.10 bits per heavy atom. The van der Waals surface area contributed by atoms with E-state index in [1.54, 1.807) is 34.2 Å². The van der Waals surface area contributed by atoms with Gasteiger partial charge in [0, 0.05) is 15.1 Å². The Kier molecular flexibility index (Phi) is 10.1. The van der Waals surface area contributed by atoms with Gasteiger partial charge in [0.15, 0.2) is 0 Å². The molecule has 2 aromatic carbocycles. The number of rotatable bonds is 9. The Morgan fingerprint density at radius 2 is 1.56 bits per heavy atom. The van der Waals surface area contributed by atoms with Crippen molar-refractivity contribution < 1.29 is 10.2 Å². The van der Waals surface area contributed by atoms with Crippen LogP contribution in [-0.4, -0.2) is 45.8 Å². The molecule has 11 heteroatoms. The zero-order valence-electron chi connectivity index (χ0n) is 23.7. The van der Waals surface area contributed by atoms with Crippen LogP contribution < -0.4 is 0 Å². The number of hydrogen-bond acceptors (Lipinski definition) is 6. The summed E-state index contributed by atoms with van der Waals surface area (Å²) in [5, 5.41) is 32.1. The summed E-state index contributed by atoms with van der Waals surface area (Å²) in [5.74, 6) is 0.757. The second-order valence-electron chi connectivity index (χ2n) is 11.8. The van der Waals surface area contributed by atoms with E-state index in [0.29, 0.717) is 34.0 Å². The third-order valence-corrected chi connectivity index (χ3v) is 8.61. The van der Waals surface area contributed by atoms with E-state index < -0.39 is 11.7 Å². The van der Waals surface area contributed by atoms with Crippen LogP contribution in [0.25, 0.3) is 0 Å². The Labute approximate surface area is 256 Å². The predicted molar refractivity (Wildman–Crippen MR) is 162 cm³/mol. The van der Waals surface area contributed by atoms with E-state index in [4.69, 9.17) is 34.8 Å². The maximum atomic E-state index is 11.3. The molecule has 0 radical (unpaired) electrons. The van der Waals surface area contributed by atoms with Crippen LogP contribution in [0, 0.1) is 17.3 Å². The molecule has 2 heterocycles. The Bertz CT molecular complexity index is 1370. The van der Waals surface area contributed by atoms with Gasteiger partial charge in [0.05, 0.1) is 18.7 Å². The highest BCUT2D eigenvalue weighted by molar-refractivity contribution is 6.35. The Morgan fingerprint density at radius 1 is 0.927 bits per heavy atom. The van der Waals surface area contributed by atoms with Crippen molar-refractivity contribution in [2.75, 3.05) is 0 Å². The van der Waals surface area contributed by atoms with Crippen LogP contribution in [0.3, 0.4) is 0 Å². The summed E-state index contributed by atoms with van der Waals surface area (Å²) < 4.78 is 3.37. The molecule has 0 bridgehead atoms. The van der Waals surface area contributed by atoms with Crippen LogP contribution in [0.1, 0.15) is 57.7 Å². The van der Waals surface area contributed by atoms with Crippen molar-refractivity contribution in [3.05, 3.63) is 94.0 Å². The van der Waals surface area contributed by atoms with Crippen molar-refractivity contribution in [2.45, 2.75) is 71.2 Å². The first-order chi connectivity index (χ1) is 19.4. The molecule has 41 heavy (non-hydrogen) atoms. The minimum Gasteiger partial charge on any atom is -0.390 e. The molecule has 1 aliphatic rings. The zero-order chi connectivity index (χ0) is 29.8. The van der Waals surface area contributed by atoms with E-state index in [-0.39, 0.29) is 17.4 Å². The summed E-state index contributed by atoms with van der Waals surface area (Å²) in [7, 11) is 0. The highest BCUT2D eigenvalue weighted by Crippen LogP contribution is 2.46. The summed E-state index contributed by atoms with van der Waals surface area (Å²) in [6, 6.07) is 12.6. The molecule has 0 spiro atoms. The number of halogens is 3. The molecule has 8 nitrogen and oxygen atoms in total. The number of aliphatic hydroxyl groups is 2. The van der Waals surface area contributed by atoms with Gasteiger partial charge < -0.3 is 10.2 Å². The van der Waals surface area contributed by atoms with E-state index >= 15 is 0 Å². The standard InChI is InChI=1S/C15H19Cl2N3O.C15H18ClN3O/c1-15(2,3)14(21)13(20-9-18-8-19-20)6-10-4-5-11(16)7-12(10)17;1-11(12-2-3-12)15(20,8-19-10-17-9-18-19)13-4-6-14(16)7-5-13/h4-5,7-9,13-14,21H,6H2,1-3H3;4-7,9-12,20H,2-3,8H2,1H3. The maximum Gasteiger partial charge on any atom is 0.137 e. The Balaban J connectivity index is 0.000000189. The number of aliphatic hydroxyl groups excluding tert-OH is 1. The lowest BCUT2D eigenvalue weighted by atomic mass is 9.79. The van der Waals surface area contributed by atoms with Crippen LogP contribution >= 0.6 is 34.8 Å². The summed E-state index contributed by atoms with van der Waals surface area (Å²) in [6.07, 6.45) is 8.55. The number of nitrogens with zero attached hydrogens (tertiary/aromatic N) is 6. The van der Waals surface area contributed by atoms with Crippen LogP contribution in [0.2, 0.25) is 15.1 Å². The largest absolute Gasteiger partial charge is 0.390 e.